The van der Waals surface area contributed by atoms with Gasteiger partial charge in [-0.3, -0.25) is 9.59 Å². The van der Waals surface area contributed by atoms with E-state index in [1.807, 2.05) is 13.8 Å². The number of esters is 1. The second kappa shape index (κ2) is 9.27. The molecule has 0 aromatic heterocycles. The van der Waals surface area contributed by atoms with Gasteiger partial charge in [-0.05, 0) is 37.8 Å². The minimum Gasteiger partial charge on any atom is -0.454 e. The number of rotatable bonds is 8. The minimum atomic E-state index is -4.17. The number of hydrogen-bond acceptors (Lipinski definition) is 5. The largest absolute Gasteiger partial charge is 0.454 e. The Morgan fingerprint density at radius 3 is 2.59 bits per heavy atom. The van der Waals surface area contributed by atoms with Crippen molar-refractivity contribution in [3.8, 4) is 0 Å². The van der Waals surface area contributed by atoms with E-state index in [1.165, 1.54) is 12.1 Å². The van der Waals surface area contributed by atoms with Gasteiger partial charge in [0.15, 0.2) is 6.61 Å². The third kappa shape index (κ3) is 5.04. The first-order chi connectivity index (χ1) is 12.8. The van der Waals surface area contributed by atoms with Crippen LogP contribution in [0.2, 0.25) is 0 Å². The van der Waals surface area contributed by atoms with Gasteiger partial charge in [-0.2, -0.15) is 4.31 Å². The van der Waals surface area contributed by atoms with Gasteiger partial charge in [-0.25, -0.2) is 12.8 Å². The number of nitrogens with zero attached hydrogens (tertiary/aromatic N) is 1. The van der Waals surface area contributed by atoms with Crippen LogP contribution in [0.3, 0.4) is 0 Å². The number of sulfonamides is 1. The van der Waals surface area contributed by atoms with Gasteiger partial charge in [0.25, 0.3) is 5.91 Å². The minimum absolute atomic E-state index is 0.000569. The number of carbonyl (C=O) groups excluding carboxylic acids is 2. The Morgan fingerprint density at radius 2 is 1.96 bits per heavy atom. The van der Waals surface area contributed by atoms with Crippen LogP contribution in [0.15, 0.2) is 29.2 Å². The van der Waals surface area contributed by atoms with E-state index in [-0.39, 0.29) is 19.0 Å². The van der Waals surface area contributed by atoms with Crippen LogP contribution >= 0.6 is 0 Å². The van der Waals surface area contributed by atoms with E-state index in [2.05, 4.69) is 5.32 Å². The number of ether oxygens (including phenoxy) is 1. The van der Waals surface area contributed by atoms with Crippen LogP contribution in [-0.4, -0.2) is 49.8 Å². The van der Waals surface area contributed by atoms with Gasteiger partial charge in [0.2, 0.25) is 10.0 Å². The Balaban J connectivity index is 2.04. The normalized spacial score (nSPS) is 17.9. The molecule has 0 saturated carbocycles. The van der Waals surface area contributed by atoms with E-state index in [9.17, 15) is 22.4 Å². The fourth-order valence-electron chi connectivity index (χ4n) is 3.04. The third-order valence-electron chi connectivity index (χ3n) is 4.60. The van der Waals surface area contributed by atoms with Crippen LogP contribution in [0.1, 0.15) is 39.5 Å². The van der Waals surface area contributed by atoms with Crippen LogP contribution in [0.25, 0.3) is 0 Å². The number of halogens is 1. The van der Waals surface area contributed by atoms with E-state index >= 15 is 0 Å². The summed E-state index contributed by atoms with van der Waals surface area (Å²) in [6.45, 7) is 3.49. The summed E-state index contributed by atoms with van der Waals surface area (Å²) < 4.78 is 45.4. The number of nitrogens with one attached hydrogen (secondary N) is 1. The molecule has 1 aliphatic rings. The molecule has 0 unspecified atom stereocenters. The van der Waals surface area contributed by atoms with Gasteiger partial charge in [-0.1, -0.05) is 26.0 Å². The fourth-order valence-corrected chi connectivity index (χ4v) is 4.75. The molecule has 1 atom stereocenters. The van der Waals surface area contributed by atoms with Crippen molar-refractivity contribution in [1.29, 1.82) is 0 Å². The highest BCUT2D eigenvalue weighted by molar-refractivity contribution is 7.89. The second-order valence-electron chi connectivity index (χ2n) is 6.39. The molecule has 9 heteroatoms. The van der Waals surface area contributed by atoms with Crippen molar-refractivity contribution in [2.24, 2.45) is 0 Å². The maximum Gasteiger partial charge on any atom is 0.324 e. The van der Waals surface area contributed by atoms with Crippen molar-refractivity contribution in [3.05, 3.63) is 30.1 Å². The predicted octanol–water partition coefficient (Wildman–Crippen LogP) is 1.83. The molecule has 1 N–H and O–H groups in total. The Morgan fingerprint density at radius 1 is 1.30 bits per heavy atom. The Hall–Kier alpha value is -2.00. The van der Waals surface area contributed by atoms with Crippen LogP contribution in [0.4, 0.5) is 4.39 Å². The number of benzene rings is 1. The van der Waals surface area contributed by atoms with Crippen molar-refractivity contribution in [2.75, 3.05) is 13.2 Å². The zero-order valence-electron chi connectivity index (χ0n) is 15.5. The molecule has 1 amide bonds. The highest BCUT2D eigenvalue weighted by Crippen LogP contribution is 2.28. The summed E-state index contributed by atoms with van der Waals surface area (Å²) in [7, 11) is -4.17. The van der Waals surface area contributed by atoms with Crippen molar-refractivity contribution < 1.29 is 27.1 Å². The molecule has 1 aromatic carbocycles. The van der Waals surface area contributed by atoms with E-state index in [4.69, 9.17) is 4.74 Å². The molecule has 27 heavy (non-hydrogen) atoms. The SMILES string of the molecule is CCC(CC)NC(=O)COC(=O)[C@@H]1CCCN1S(=O)(=O)c1ccccc1F. The summed E-state index contributed by atoms with van der Waals surface area (Å²) in [5, 5.41) is 2.74. The summed E-state index contributed by atoms with van der Waals surface area (Å²) in [4.78, 5) is 23.7. The van der Waals surface area contributed by atoms with Gasteiger partial charge >= 0.3 is 5.97 Å². The van der Waals surface area contributed by atoms with Gasteiger partial charge in [-0.15, -0.1) is 0 Å². The first kappa shape index (κ1) is 21.3. The molecule has 1 fully saturated rings. The molecule has 2 rings (SSSR count). The number of carbonyl (C=O) groups is 2. The summed E-state index contributed by atoms with van der Waals surface area (Å²) in [5.74, 6) is -2.10. The van der Waals surface area contributed by atoms with E-state index in [1.54, 1.807) is 0 Å². The lowest BCUT2D eigenvalue weighted by Crippen LogP contribution is -2.43. The summed E-state index contributed by atoms with van der Waals surface area (Å²) in [5.41, 5.74) is 0. The monoisotopic (exact) mass is 400 g/mol. The van der Waals surface area contributed by atoms with Crippen molar-refractivity contribution >= 4 is 21.9 Å². The lowest BCUT2D eigenvalue weighted by molar-refractivity contribution is -0.151. The standard InChI is InChI=1S/C18H25FN2O5S/c1-3-13(4-2)20-17(22)12-26-18(23)15-9-7-11-21(15)27(24,25)16-10-6-5-8-14(16)19/h5-6,8,10,13,15H,3-4,7,9,11-12H2,1-2H3,(H,20,22)/t15-/m0/s1. The van der Waals surface area contributed by atoms with Crippen LogP contribution < -0.4 is 5.32 Å². The van der Waals surface area contributed by atoms with Crippen molar-refractivity contribution in [3.63, 3.8) is 0 Å². The molecular weight excluding hydrogens is 375 g/mol. The molecule has 150 valence electrons. The first-order valence-corrected chi connectivity index (χ1v) is 10.5. The van der Waals surface area contributed by atoms with Crippen molar-refractivity contribution in [1.82, 2.24) is 9.62 Å². The Bertz CT molecular complexity index is 780. The third-order valence-corrected chi connectivity index (χ3v) is 6.54. The first-order valence-electron chi connectivity index (χ1n) is 9.03. The highest BCUT2D eigenvalue weighted by Gasteiger charge is 2.41. The summed E-state index contributed by atoms with van der Waals surface area (Å²) in [6, 6.07) is 3.97. The maximum atomic E-state index is 13.9. The number of hydrogen-bond donors (Lipinski definition) is 1. The van der Waals surface area contributed by atoms with E-state index in [0.29, 0.717) is 6.42 Å². The van der Waals surface area contributed by atoms with Crippen LogP contribution in [0.5, 0.6) is 0 Å². The molecule has 0 aliphatic carbocycles. The molecular formula is C18H25FN2O5S. The van der Waals surface area contributed by atoms with E-state index < -0.39 is 45.3 Å². The van der Waals surface area contributed by atoms with Gasteiger partial charge in [0, 0.05) is 12.6 Å². The molecule has 1 saturated heterocycles. The zero-order chi connectivity index (χ0) is 20.0. The lowest BCUT2D eigenvalue weighted by atomic mass is 10.2. The number of amides is 1. The maximum absolute atomic E-state index is 13.9. The smallest absolute Gasteiger partial charge is 0.324 e. The quantitative estimate of drug-likeness (QED) is 0.672. The second-order valence-corrected chi connectivity index (χ2v) is 8.25. The van der Waals surface area contributed by atoms with Crippen LogP contribution in [0, 0.1) is 5.82 Å². The lowest BCUT2D eigenvalue weighted by Gasteiger charge is -2.23. The average molecular weight is 400 g/mol. The molecule has 7 nitrogen and oxygen atoms in total. The molecule has 0 radical (unpaired) electrons. The predicted molar refractivity (Wildman–Crippen MR) is 96.8 cm³/mol. The molecule has 0 spiro atoms. The zero-order valence-corrected chi connectivity index (χ0v) is 16.3. The molecule has 1 heterocycles. The van der Waals surface area contributed by atoms with Gasteiger partial charge < -0.3 is 10.1 Å². The average Bonchev–Trinajstić information content (AvgIpc) is 3.15. The Labute approximate surface area is 158 Å². The molecule has 1 aliphatic heterocycles. The highest BCUT2D eigenvalue weighted by atomic mass is 32.2. The summed E-state index contributed by atoms with van der Waals surface area (Å²) >= 11 is 0. The van der Waals surface area contributed by atoms with Crippen molar-refractivity contribution in [2.45, 2.75) is 56.5 Å². The van der Waals surface area contributed by atoms with E-state index in [0.717, 1.165) is 29.3 Å². The van der Waals surface area contributed by atoms with Gasteiger partial charge in [0.1, 0.15) is 16.8 Å². The fraction of sp³-hybridized carbons (Fsp3) is 0.556. The summed E-state index contributed by atoms with van der Waals surface area (Å²) in [6.07, 6.45) is 2.23. The Kier molecular flexibility index (Phi) is 7.32. The molecule has 1 aromatic rings. The van der Waals surface area contributed by atoms with Gasteiger partial charge in [0.05, 0.1) is 0 Å². The van der Waals surface area contributed by atoms with Crippen LogP contribution in [-0.2, 0) is 24.3 Å². The molecule has 0 bridgehead atoms. The topological polar surface area (TPSA) is 92.8 Å².